The fourth-order valence-corrected chi connectivity index (χ4v) is 1.98. The molecule has 0 spiro atoms. The number of nitrogens with zero attached hydrogens (tertiary/aromatic N) is 1. The zero-order valence-corrected chi connectivity index (χ0v) is 12.6. The highest BCUT2D eigenvalue weighted by molar-refractivity contribution is 5.95. The largest absolute Gasteiger partial charge is 0.493 e. The summed E-state index contributed by atoms with van der Waals surface area (Å²) in [5.41, 5.74) is 1.79. The lowest BCUT2D eigenvalue weighted by Gasteiger charge is -2.10. The van der Waals surface area contributed by atoms with Crippen molar-refractivity contribution in [3.05, 3.63) is 59.9 Å². The summed E-state index contributed by atoms with van der Waals surface area (Å²) >= 11 is 0. The number of hydrogen-bond acceptors (Lipinski definition) is 3. The Morgan fingerprint density at radius 3 is 2.81 bits per heavy atom. The first-order valence-electron chi connectivity index (χ1n) is 7.30. The molecule has 0 amide bonds. The fourth-order valence-electron chi connectivity index (χ4n) is 1.98. The molecular formula is C18H21NO2. The van der Waals surface area contributed by atoms with Gasteiger partial charge in [0, 0.05) is 24.4 Å². The van der Waals surface area contributed by atoms with Crippen molar-refractivity contribution in [2.45, 2.75) is 26.7 Å². The standard InChI is InChI=1S/C18H21NO2/c1-14(2)13-21-17-7-3-5-15(11-17)8-9-18(20)16-6-4-10-19-12-16/h3-7,10-12,14H,8-9,13H2,1-2H3. The second-order valence-electron chi connectivity index (χ2n) is 5.52. The molecule has 1 aromatic heterocycles. The predicted molar refractivity (Wildman–Crippen MR) is 83.7 cm³/mol. The molecule has 3 heteroatoms. The zero-order chi connectivity index (χ0) is 15.1. The molecule has 0 bridgehead atoms. The fraction of sp³-hybridized carbons (Fsp3) is 0.333. The molecule has 0 aliphatic heterocycles. The molecule has 0 saturated heterocycles. The van der Waals surface area contributed by atoms with E-state index in [1.165, 1.54) is 0 Å². The average molecular weight is 283 g/mol. The molecule has 3 nitrogen and oxygen atoms in total. The second-order valence-corrected chi connectivity index (χ2v) is 5.52. The Kier molecular flexibility index (Phi) is 5.50. The van der Waals surface area contributed by atoms with Crippen LogP contribution in [0.1, 0.15) is 36.2 Å². The first-order chi connectivity index (χ1) is 10.1. The maximum absolute atomic E-state index is 12.0. The highest BCUT2D eigenvalue weighted by Crippen LogP contribution is 2.16. The van der Waals surface area contributed by atoms with Gasteiger partial charge in [0.25, 0.3) is 0 Å². The van der Waals surface area contributed by atoms with Crippen molar-refractivity contribution < 1.29 is 9.53 Å². The normalized spacial score (nSPS) is 10.6. The number of carbonyl (C=O) groups is 1. The van der Waals surface area contributed by atoms with Gasteiger partial charge < -0.3 is 4.74 Å². The Morgan fingerprint density at radius 1 is 1.24 bits per heavy atom. The van der Waals surface area contributed by atoms with Crippen LogP contribution in [0.3, 0.4) is 0 Å². The molecule has 0 fully saturated rings. The number of rotatable bonds is 7. The summed E-state index contributed by atoms with van der Waals surface area (Å²) in [5, 5.41) is 0. The highest BCUT2D eigenvalue weighted by Gasteiger charge is 2.06. The van der Waals surface area contributed by atoms with Gasteiger partial charge in [0.05, 0.1) is 6.61 Å². The molecule has 0 N–H and O–H groups in total. The minimum Gasteiger partial charge on any atom is -0.493 e. The Hall–Kier alpha value is -2.16. The number of Topliss-reactive ketones (excluding diaryl/α,β-unsaturated/α-hetero) is 1. The van der Waals surface area contributed by atoms with Crippen LogP contribution in [0.4, 0.5) is 0 Å². The second kappa shape index (κ2) is 7.58. The summed E-state index contributed by atoms with van der Waals surface area (Å²) in [6.07, 6.45) is 4.49. The van der Waals surface area contributed by atoms with Gasteiger partial charge in [0.1, 0.15) is 5.75 Å². The maximum Gasteiger partial charge on any atom is 0.164 e. The van der Waals surface area contributed by atoms with E-state index in [1.54, 1.807) is 24.5 Å². The number of aryl methyl sites for hydroxylation is 1. The van der Waals surface area contributed by atoms with Gasteiger partial charge in [-0.25, -0.2) is 0 Å². The van der Waals surface area contributed by atoms with Crippen LogP contribution in [0, 0.1) is 5.92 Å². The van der Waals surface area contributed by atoms with Crippen molar-refractivity contribution in [1.82, 2.24) is 4.98 Å². The monoisotopic (exact) mass is 283 g/mol. The van der Waals surface area contributed by atoms with E-state index >= 15 is 0 Å². The number of benzene rings is 1. The van der Waals surface area contributed by atoms with Crippen LogP contribution in [0.2, 0.25) is 0 Å². The van der Waals surface area contributed by atoms with E-state index in [1.807, 2.05) is 24.3 Å². The predicted octanol–water partition coefficient (Wildman–Crippen LogP) is 3.93. The van der Waals surface area contributed by atoms with Crippen LogP contribution in [0.25, 0.3) is 0 Å². The van der Waals surface area contributed by atoms with Gasteiger partial charge in [0.15, 0.2) is 5.78 Å². The Morgan fingerprint density at radius 2 is 2.10 bits per heavy atom. The molecule has 0 saturated carbocycles. The lowest BCUT2D eigenvalue weighted by Crippen LogP contribution is -2.05. The van der Waals surface area contributed by atoms with E-state index < -0.39 is 0 Å². The third-order valence-electron chi connectivity index (χ3n) is 3.11. The molecule has 2 aromatic rings. The van der Waals surface area contributed by atoms with Gasteiger partial charge in [-0.1, -0.05) is 26.0 Å². The van der Waals surface area contributed by atoms with Crippen LogP contribution in [0.5, 0.6) is 5.75 Å². The lowest BCUT2D eigenvalue weighted by molar-refractivity contribution is 0.0982. The molecule has 0 radical (unpaired) electrons. The molecule has 0 unspecified atom stereocenters. The number of hydrogen-bond donors (Lipinski definition) is 0. The molecule has 0 atom stereocenters. The summed E-state index contributed by atoms with van der Waals surface area (Å²) < 4.78 is 5.70. The first kappa shape index (κ1) is 15.2. The Bertz CT molecular complexity index is 579. The number of carbonyl (C=O) groups excluding carboxylic acids is 1. The highest BCUT2D eigenvalue weighted by atomic mass is 16.5. The summed E-state index contributed by atoms with van der Waals surface area (Å²) in [6, 6.07) is 11.6. The maximum atomic E-state index is 12.0. The van der Waals surface area contributed by atoms with E-state index in [9.17, 15) is 4.79 Å². The van der Waals surface area contributed by atoms with E-state index in [2.05, 4.69) is 18.8 Å². The Labute approximate surface area is 126 Å². The zero-order valence-electron chi connectivity index (χ0n) is 12.6. The molecule has 110 valence electrons. The summed E-state index contributed by atoms with van der Waals surface area (Å²) in [7, 11) is 0. The van der Waals surface area contributed by atoms with Crippen LogP contribution >= 0.6 is 0 Å². The average Bonchev–Trinajstić information content (AvgIpc) is 2.52. The third kappa shape index (κ3) is 5.03. The number of ether oxygens (including phenoxy) is 1. The van der Waals surface area contributed by atoms with Gasteiger partial charge in [0.2, 0.25) is 0 Å². The lowest BCUT2D eigenvalue weighted by atomic mass is 10.0. The number of ketones is 1. The number of pyridine rings is 1. The minimum absolute atomic E-state index is 0.122. The topological polar surface area (TPSA) is 39.2 Å². The van der Waals surface area contributed by atoms with Gasteiger partial charge in [-0.3, -0.25) is 9.78 Å². The van der Waals surface area contributed by atoms with Crippen molar-refractivity contribution in [2.75, 3.05) is 6.61 Å². The van der Waals surface area contributed by atoms with E-state index in [-0.39, 0.29) is 5.78 Å². The van der Waals surface area contributed by atoms with Crippen LogP contribution in [-0.4, -0.2) is 17.4 Å². The van der Waals surface area contributed by atoms with Crippen molar-refractivity contribution in [1.29, 1.82) is 0 Å². The molecule has 2 rings (SSSR count). The molecular weight excluding hydrogens is 262 g/mol. The Balaban J connectivity index is 1.91. The van der Waals surface area contributed by atoms with Crippen molar-refractivity contribution >= 4 is 5.78 Å². The quantitative estimate of drug-likeness (QED) is 0.723. The minimum atomic E-state index is 0.122. The molecule has 0 aliphatic rings. The summed E-state index contributed by atoms with van der Waals surface area (Å²) in [6.45, 7) is 4.95. The number of aromatic nitrogens is 1. The van der Waals surface area contributed by atoms with Crippen molar-refractivity contribution in [3.8, 4) is 5.75 Å². The van der Waals surface area contributed by atoms with Crippen LogP contribution in [-0.2, 0) is 6.42 Å². The molecule has 0 aliphatic carbocycles. The van der Waals surface area contributed by atoms with Crippen LogP contribution in [0.15, 0.2) is 48.8 Å². The van der Waals surface area contributed by atoms with Gasteiger partial charge in [-0.2, -0.15) is 0 Å². The molecule has 1 heterocycles. The van der Waals surface area contributed by atoms with Gasteiger partial charge in [-0.05, 0) is 42.2 Å². The van der Waals surface area contributed by atoms with Gasteiger partial charge in [-0.15, -0.1) is 0 Å². The van der Waals surface area contributed by atoms with E-state index in [4.69, 9.17) is 4.74 Å². The first-order valence-corrected chi connectivity index (χ1v) is 7.30. The van der Waals surface area contributed by atoms with E-state index in [0.717, 1.165) is 11.3 Å². The smallest absolute Gasteiger partial charge is 0.164 e. The van der Waals surface area contributed by atoms with Crippen LogP contribution < -0.4 is 4.74 Å². The molecule has 21 heavy (non-hydrogen) atoms. The summed E-state index contributed by atoms with van der Waals surface area (Å²) in [4.78, 5) is 16.0. The molecule has 1 aromatic carbocycles. The van der Waals surface area contributed by atoms with E-state index in [0.29, 0.717) is 30.9 Å². The van der Waals surface area contributed by atoms with Crippen molar-refractivity contribution in [2.24, 2.45) is 5.92 Å². The van der Waals surface area contributed by atoms with Gasteiger partial charge >= 0.3 is 0 Å². The summed E-state index contributed by atoms with van der Waals surface area (Å²) in [5.74, 6) is 1.49. The SMILES string of the molecule is CC(C)COc1cccc(CCC(=O)c2cccnc2)c1. The van der Waals surface area contributed by atoms with Crippen molar-refractivity contribution in [3.63, 3.8) is 0 Å². The third-order valence-corrected chi connectivity index (χ3v) is 3.11.